The van der Waals surface area contributed by atoms with Crippen molar-refractivity contribution in [2.75, 3.05) is 13.2 Å². The number of hydrogen-bond donors (Lipinski definition) is 0. The first-order valence-corrected chi connectivity index (χ1v) is 5.42. The molecule has 1 aliphatic heterocycles. The largest absolute Gasteiger partial charge is 0.353 e. The van der Waals surface area contributed by atoms with Gasteiger partial charge in [-0.1, -0.05) is 0 Å². The second kappa shape index (κ2) is 5.94. The van der Waals surface area contributed by atoms with Gasteiger partial charge in [-0.2, -0.15) is 0 Å². The first-order chi connectivity index (χ1) is 5.79. The van der Waals surface area contributed by atoms with Crippen LogP contribution in [0.5, 0.6) is 0 Å². The van der Waals surface area contributed by atoms with E-state index in [0.29, 0.717) is 6.61 Å². The highest BCUT2D eigenvalue weighted by Gasteiger charge is 2.12. The molecule has 2 nitrogen and oxygen atoms in total. The molecule has 0 aromatic rings. The van der Waals surface area contributed by atoms with Gasteiger partial charge in [-0.25, -0.2) is 0 Å². The van der Waals surface area contributed by atoms with Crippen LogP contribution in [0.3, 0.4) is 0 Å². The summed E-state index contributed by atoms with van der Waals surface area (Å²) in [5.74, 6) is 0. The Morgan fingerprint density at radius 2 is 2.50 bits per heavy atom. The fourth-order valence-corrected chi connectivity index (χ4v) is 1.29. The molecule has 1 aliphatic rings. The molecular weight excluding hydrogens is 267 g/mol. The SMILES string of the molecule is C/C(I)=C/CO[C@H]1CCCCO1. The van der Waals surface area contributed by atoms with Crippen molar-refractivity contribution in [2.45, 2.75) is 32.5 Å². The Morgan fingerprint density at radius 3 is 3.08 bits per heavy atom. The van der Waals surface area contributed by atoms with Crippen molar-refractivity contribution in [1.82, 2.24) is 0 Å². The third-order valence-electron chi connectivity index (χ3n) is 1.78. The van der Waals surface area contributed by atoms with Gasteiger partial charge < -0.3 is 9.47 Å². The van der Waals surface area contributed by atoms with Crippen molar-refractivity contribution in [2.24, 2.45) is 0 Å². The van der Waals surface area contributed by atoms with E-state index >= 15 is 0 Å². The molecule has 3 heteroatoms. The summed E-state index contributed by atoms with van der Waals surface area (Å²) in [5, 5.41) is 0. The molecule has 12 heavy (non-hydrogen) atoms. The number of halogens is 1. The van der Waals surface area contributed by atoms with Gasteiger partial charge >= 0.3 is 0 Å². The van der Waals surface area contributed by atoms with Crippen LogP contribution in [0.2, 0.25) is 0 Å². The lowest BCUT2D eigenvalue weighted by Gasteiger charge is -2.21. The summed E-state index contributed by atoms with van der Waals surface area (Å²) in [7, 11) is 0. The molecule has 70 valence electrons. The second-order valence-corrected chi connectivity index (χ2v) is 4.62. The number of allylic oxidation sites excluding steroid dienone is 1. The average Bonchev–Trinajstić information content (AvgIpc) is 2.05. The molecule has 0 spiro atoms. The average molecular weight is 282 g/mol. The van der Waals surface area contributed by atoms with E-state index in [1.165, 1.54) is 16.4 Å². The Morgan fingerprint density at radius 1 is 1.67 bits per heavy atom. The predicted molar refractivity (Wildman–Crippen MR) is 57.3 cm³/mol. The minimum absolute atomic E-state index is 0.0470. The van der Waals surface area contributed by atoms with Gasteiger partial charge in [0.2, 0.25) is 0 Å². The van der Waals surface area contributed by atoms with Crippen LogP contribution in [0.4, 0.5) is 0 Å². The highest BCUT2D eigenvalue weighted by Crippen LogP contribution is 2.13. The highest BCUT2D eigenvalue weighted by atomic mass is 127. The van der Waals surface area contributed by atoms with Gasteiger partial charge in [0.15, 0.2) is 6.29 Å². The topological polar surface area (TPSA) is 18.5 Å². The fraction of sp³-hybridized carbons (Fsp3) is 0.778. The van der Waals surface area contributed by atoms with E-state index in [1.54, 1.807) is 0 Å². The summed E-state index contributed by atoms with van der Waals surface area (Å²) in [6.45, 7) is 3.60. The van der Waals surface area contributed by atoms with Crippen LogP contribution >= 0.6 is 22.6 Å². The molecule has 1 fully saturated rings. The van der Waals surface area contributed by atoms with Crippen LogP contribution in [0.15, 0.2) is 9.66 Å². The quantitative estimate of drug-likeness (QED) is 0.741. The molecule has 0 amide bonds. The third-order valence-corrected chi connectivity index (χ3v) is 2.23. The standard InChI is InChI=1S/C9H15IO2/c1-8(10)5-7-12-9-4-2-3-6-11-9/h5,9H,2-4,6-7H2,1H3/b8-5-/t9-/m0/s1. The molecule has 0 aromatic carbocycles. The summed E-state index contributed by atoms with van der Waals surface area (Å²) in [5.41, 5.74) is 0. The lowest BCUT2D eigenvalue weighted by molar-refractivity contribution is -0.155. The molecule has 0 aromatic heterocycles. The molecule has 0 bridgehead atoms. The Balaban J connectivity index is 2.09. The van der Waals surface area contributed by atoms with Gasteiger partial charge in [0, 0.05) is 6.61 Å². The van der Waals surface area contributed by atoms with Crippen LogP contribution < -0.4 is 0 Å². The Hall–Kier alpha value is 0.390. The van der Waals surface area contributed by atoms with Crippen molar-refractivity contribution in [3.63, 3.8) is 0 Å². The normalized spacial score (nSPS) is 25.8. The number of hydrogen-bond acceptors (Lipinski definition) is 2. The number of rotatable bonds is 3. The fourth-order valence-electron chi connectivity index (χ4n) is 1.11. The van der Waals surface area contributed by atoms with Crippen LogP contribution in [0, 0.1) is 0 Å². The van der Waals surface area contributed by atoms with Crippen molar-refractivity contribution in [1.29, 1.82) is 0 Å². The zero-order valence-corrected chi connectivity index (χ0v) is 9.54. The van der Waals surface area contributed by atoms with E-state index in [0.717, 1.165) is 13.0 Å². The minimum Gasteiger partial charge on any atom is -0.353 e. The zero-order valence-electron chi connectivity index (χ0n) is 7.38. The molecular formula is C9H15IO2. The Kier molecular flexibility index (Phi) is 5.18. The van der Waals surface area contributed by atoms with Crippen LogP contribution in [0.1, 0.15) is 26.2 Å². The van der Waals surface area contributed by atoms with E-state index in [2.05, 4.69) is 35.6 Å². The summed E-state index contributed by atoms with van der Waals surface area (Å²) in [6, 6.07) is 0. The molecule has 0 N–H and O–H groups in total. The third kappa shape index (κ3) is 4.42. The maximum atomic E-state index is 5.49. The lowest BCUT2D eigenvalue weighted by Crippen LogP contribution is -2.22. The maximum absolute atomic E-state index is 5.49. The van der Waals surface area contributed by atoms with Gasteiger partial charge in [-0.3, -0.25) is 0 Å². The second-order valence-electron chi connectivity index (χ2n) is 2.92. The summed E-state index contributed by atoms with van der Waals surface area (Å²) in [6.07, 6.45) is 5.58. The molecule has 0 saturated carbocycles. The predicted octanol–water partition coefficient (Wildman–Crippen LogP) is 2.87. The van der Waals surface area contributed by atoms with Gasteiger partial charge in [0.1, 0.15) is 0 Å². The van der Waals surface area contributed by atoms with E-state index in [-0.39, 0.29) is 6.29 Å². The van der Waals surface area contributed by atoms with Crippen LogP contribution in [-0.4, -0.2) is 19.5 Å². The van der Waals surface area contributed by atoms with Gasteiger partial charge in [0.25, 0.3) is 0 Å². The monoisotopic (exact) mass is 282 g/mol. The maximum Gasteiger partial charge on any atom is 0.157 e. The lowest BCUT2D eigenvalue weighted by atomic mass is 10.2. The molecule has 0 radical (unpaired) electrons. The summed E-state index contributed by atoms with van der Waals surface area (Å²) < 4.78 is 12.2. The molecule has 1 rings (SSSR count). The van der Waals surface area contributed by atoms with Gasteiger partial charge in [-0.05, 0) is 58.4 Å². The first-order valence-electron chi connectivity index (χ1n) is 4.34. The van der Waals surface area contributed by atoms with Crippen molar-refractivity contribution in [3.05, 3.63) is 9.66 Å². The van der Waals surface area contributed by atoms with Crippen molar-refractivity contribution < 1.29 is 9.47 Å². The first kappa shape index (κ1) is 10.5. The van der Waals surface area contributed by atoms with E-state index in [4.69, 9.17) is 9.47 Å². The molecule has 0 unspecified atom stereocenters. The van der Waals surface area contributed by atoms with E-state index in [1.807, 2.05) is 0 Å². The molecule has 1 atom stereocenters. The van der Waals surface area contributed by atoms with Crippen molar-refractivity contribution in [3.8, 4) is 0 Å². The number of ether oxygens (including phenoxy) is 2. The Labute approximate surface area is 87.5 Å². The molecule has 0 aliphatic carbocycles. The van der Waals surface area contributed by atoms with Gasteiger partial charge in [0.05, 0.1) is 6.61 Å². The summed E-state index contributed by atoms with van der Waals surface area (Å²) >= 11 is 2.28. The van der Waals surface area contributed by atoms with Gasteiger partial charge in [-0.15, -0.1) is 0 Å². The van der Waals surface area contributed by atoms with Crippen LogP contribution in [0.25, 0.3) is 0 Å². The van der Waals surface area contributed by atoms with E-state index in [9.17, 15) is 0 Å². The highest BCUT2D eigenvalue weighted by molar-refractivity contribution is 14.1. The molecule has 1 saturated heterocycles. The summed E-state index contributed by atoms with van der Waals surface area (Å²) in [4.78, 5) is 0. The molecule has 1 heterocycles. The smallest absolute Gasteiger partial charge is 0.157 e. The minimum atomic E-state index is 0.0470. The zero-order chi connectivity index (χ0) is 8.81. The van der Waals surface area contributed by atoms with Crippen molar-refractivity contribution >= 4 is 22.6 Å². The van der Waals surface area contributed by atoms with Crippen LogP contribution in [-0.2, 0) is 9.47 Å². The Bertz CT molecular complexity index is 147. The van der Waals surface area contributed by atoms with E-state index < -0.39 is 0 Å².